The Bertz CT molecular complexity index is 401. The molecular formula is C14H20BrNO2. The summed E-state index contributed by atoms with van der Waals surface area (Å²) >= 11 is 3.38. The van der Waals surface area contributed by atoms with Crippen LogP contribution >= 0.6 is 15.9 Å². The highest BCUT2D eigenvalue weighted by Gasteiger charge is 2.18. The van der Waals surface area contributed by atoms with Crippen LogP contribution in [0, 0.1) is 0 Å². The fraction of sp³-hybridized carbons (Fsp3) is 0.500. The van der Waals surface area contributed by atoms with Gasteiger partial charge in [0.05, 0.1) is 12.7 Å². The molecule has 4 heteroatoms. The van der Waals surface area contributed by atoms with Crippen molar-refractivity contribution in [2.75, 3.05) is 20.2 Å². The number of amides is 1. The lowest BCUT2D eigenvalue weighted by atomic mass is 10.1. The van der Waals surface area contributed by atoms with Crippen molar-refractivity contribution >= 4 is 21.8 Å². The van der Waals surface area contributed by atoms with E-state index in [1.165, 1.54) is 0 Å². The highest BCUT2D eigenvalue weighted by atomic mass is 79.9. The summed E-state index contributed by atoms with van der Waals surface area (Å²) < 4.78 is 6.19. The third-order valence-corrected chi connectivity index (χ3v) is 3.16. The minimum Gasteiger partial charge on any atom is -0.496 e. The standard InChI is InChI=1S/C14H20BrNO2/c1-4-8-16(9-5-2)14(17)12-7-6-11(15)10-13(12)18-3/h6-7,10H,4-5,8-9H2,1-3H3. The predicted molar refractivity (Wildman–Crippen MR) is 77.2 cm³/mol. The molecule has 0 fully saturated rings. The van der Waals surface area contributed by atoms with E-state index in [2.05, 4.69) is 29.8 Å². The van der Waals surface area contributed by atoms with Crippen LogP contribution in [0.15, 0.2) is 22.7 Å². The van der Waals surface area contributed by atoms with Crippen LogP contribution in [-0.4, -0.2) is 31.0 Å². The monoisotopic (exact) mass is 313 g/mol. The van der Waals surface area contributed by atoms with E-state index in [1.54, 1.807) is 7.11 Å². The minimum absolute atomic E-state index is 0.0445. The van der Waals surface area contributed by atoms with Gasteiger partial charge in [0.25, 0.3) is 5.91 Å². The lowest BCUT2D eigenvalue weighted by molar-refractivity contribution is 0.0752. The summed E-state index contributed by atoms with van der Waals surface area (Å²) in [6.45, 7) is 5.72. The second-order valence-electron chi connectivity index (χ2n) is 4.14. The third-order valence-electron chi connectivity index (χ3n) is 2.67. The molecule has 0 radical (unpaired) electrons. The van der Waals surface area contributed by atoms with Gasteiger partial charge in [-0.15, -0.1) is 0 Å². The summed E-state index contributed by atoms with van der Waals surface area (Å²) in [4.78, 5) is 14.3. The van der Waals surface area contributed by atoms with Crippen LogP contribution < -0.4 is 4.74 Å². The molecule has 0 spiro atoms. The van der Waals surface area contributed by atoms with Crippen molar-refractivity contribution in [3.63, 3.8) is 0 Å². The maximum atomic E-state index is 12.4. The molecule has 0 saturated heterocycles. The quantitative estimate of drug-likeness (QED) is 0.801. The lowest BCUT2D eigenvalue weighted by Gasteiger charge is -2.22. The molecule has 0 heterocycles. The molecule has 1 amide bonds. The Hall–Kier alpha value is -1.03. The van der Waals surface area contributed by atoms with Crippen LogP contribution in [0.5, 0.6) is 5.75 Å². The number of nitrogens with zero attached hydrogens (tertiary/aromatic N) is 1. The second kappa shape index (κ2) is 7.41. The van der Waals surface area contributed by atoms with E-state index in [1.807, 2.05) is 23.1 Å². The summed E-state index contributed by atoms with van der Waals surface area (Å²) in [6, 6.07) is 5.50. The Morgan fingerprint density at radius 3 is 2.39 bits per heavy atom. The zero-order chi connectivity index (χ0) is 13.5. The Labute approximate surface area is 117 Å². The summed E-state index contributed by atoms with van der Waals surface area (Å²) in [7, 11) is 1.59. The van der Waals surface area contributed by atoms with Gasteiger partial charge in [-0.05, 0) is 31.0 Å². The van der Waals surface area contributed by atoms with E-state index in [-0.39, 0.29) is 5.91 Å². The third kappa shape index (κ3) is 3.73. The van der Waals surface area contributed by atoms with E-state index in [0.29, 0.717) is 11.3 Å². The van der Waals surface area contributed by atoms with Crippen molar-refractivity contribution < 1.29 is 9.53 Å². The first-order chi connectivity index (χ1) is 8.63. The number of hydrogen-bond donors (Lipinski definition) is 0. The Kier molecular flexibility index (Phi) is 6.19. The van der Waals surface area contributed by atoms with Crippen molar-refractivity contribution in [1.82, 2.24) is 4.90 Å². The molecule has 1 aromatic rings. The maximum absolute atomic E-state index is 12.4. The molecule has 0 bridgehead atoms. The molecule has 0 aromatic heterocycles. The highest BCUT2D eigenvalue weighted by Crippen LogP contribution is 2.24. The normalized spacial score (nSPS) is 10.2. The average Bonchev–Trinajstić information content (AvgIpc) is 2.37. The van der Waals surface area contributed by atoms with E-state index < -0.39 is 0 Å². The first kappa shape index (κ1) is 15.0. The van der Waals surface area contributed by atoms with Crippen molar-refractivity contribution in [3.05, 3.63) is 28.2 Å². The van der Waals surface area contributed by atoms with E-state index in [9.17, 15) is 4.79 Å². The zero-order valence-corrected chi connectivity index (χ0v) is 12.8. The highest BCUT2D eigenvalue weighted by molar-refractivity contribution is 9.10. The number of benzene rings is 1. The number of methoxy groups -OCH3 is 1. The Morgan fingerprint density at radius 1 is 1.28 bits per heavy atom. The van der Waals surface area contributed by atoms with Gasteiger partial charge >= 0.3 is 0 Å². The largest absolute Gasteiger partial charge is 0.496 e. The summed E-state index contributed by atoms with van der Waals surface area (Å²) in [5.41, 5.74) is 0.627. The van der Waals surface area contributed by atoms with E-state index >= 15 is 0 Å². The van der Waals surface area contributed by atoms with E-state index in [4.69, 9.17) is 4.74 Å². The Balaban J connectivity index is 3.00. The molecule has 0 atom stereocenters. The number of halogens is 1. The SMILES string of the molecule is CCCN(CCC)C(=O)c1ccc(Br)cc1OC. The van der Waals surface area contributed by atoms with Crippen LogP contribution in [0.4, 0.5) is 0 Å². The average molecular weight is 314 g/mol. The Morgan fingerprint density at radius 2 is 1.89 bits per heavy atom. The zero-order valence-electron chi connectivity index (χ0n) is 11.2. The van der Waals surface area contributed by atoms with Crippen LogP contribution in [0.3, 0.4) is 0 Å². The summed E-state index contributed by atoms with van der Waals surface area (Å²) in [5, 5.41) is 0. The molecule has 0 aliphatic heterocycles. The molecule has 0 saturated carbocycles. The number of ether oxygens (including phenoxy) is 1. The molecule has 1 rings (SSSR count). The van der Waals surface area contributed by atoms with Crippen LogP contribution in [0.2, 0.25) is 0 Å². The fourth-order valence-electron chi connectivity index (χ4n) is 1.87. The molecule has 18 heavy (non-hydrogen) atoms. The first-order valence-corrected chi connectivity index (χ1v) is 7.06. The van der Waals surface area contributed by atoms with Crippen molar-refractivity contribution in [2.24, 2.45) is 0 Å². The van der Waals surface area contributed by atoms with Gasteiger partial charge < -0.3 is 9.64 Å². The number of carbonyl (C=O) groups excluding carboxylic acids is 1. The molecule has 0 aliphatic carbocycles. The number of rotatable bonds is 6. The van der Waals surface area contributed by atoms with Crippen molar-refractivity contribution in [3.8, 4) is 5.75 Å². The van der Waals surface area contributed by atoms with Gasteiger partial charge in [-0.2, -0.15) is 0 Å². The molecule has 100 valence electrons. The van der Waals surface area contributed by atoms with Crippen LogP contribution in [0.1, 0.15) is 37.0 Å². The predicted octanol–water partition coefficient (Wildman–Crippen LogP) is 3.72. The van der Waals surface area contributed by atoms with Crippen molar-refractivity contribution in [2.45, 2.75) is 26.7 Å². The molecule has 0 N–H and O–H groups in total. The van der Waals surface area contributed by atoms with Crippen LogP contribution in [-0.2, 0) is 0 Å². The topological polar surface area (TPSA) is 29.5 Å². The molecule has 0 aliphatic rings. The molecule has 3 nitrogen and oxygen atoms in total. The van der Waals surface area contributed by atoms with Gasteiger partial charge in [0.2, 0.25) is 0 Å². The molecule has 0 unspecified atom stereocenters. The fourth-order valence-corrected chi connectivity index (χ4v) is 2.21. The maximum Gasteiger partial charge on any atom is 0.257 e. The van der Waals surface area contributed by atoms with Gasteiger partial charge in [0.1, 0.15) is 5.75 Å². The molecule has 1 aromatic carbocycles. The van der Waals surface area contributed by atoms with Gasteiger partial charge in [-0.3, -0.25) is 4.79 Å². The minimum atomic E-state index is 0.0445. The number of hydrogen-bond acceptors (Lipinski definition) is 2. The number of carbonyl (C=O) groups is 1. The van der Waals surface area contributed by atoms with Gasteiger partial charge in [-0.25, -0.2) is 0 Å². The molecular weight excluding hydrogens is 294 g/mol. The lowest BCUT2D eigenvalue weighted by Crippen LogP contribution is -2.32. The first-order valence-electron chi connectivity index (χ1n) is 6.26. The summed E-state index contributed by atoms with van der Waals surface area (Å²) in [6.07, 6.45) is 1.93. The van der Waals surface area contributed by atoms with Gasteiger partial charge in [0.15, 0.2) is 0 Å². The summed E-state index contributed by atoms with van der Waals surface area (Å²) in [5.74, 6) is 0.662. The second-order valence-corrected chi connectivity index (χ2v) is 5.05. The van der Waals surface area contributed by atoms with Gasteiger partial charge in [-0.1, -0.05) is 29.8 Å². The smallest absolute Gasteiger partial charge is 0.257 e. The van der Waals surface area contributed by atoms with Crippen LogP contribution in [0.25, 0.3) is 0 Å². The van der Waals surface area contributed by atoms with Crippen molar-refractivity contribution in [1.29, 1.82) is 0 Å². The van der Waals surface area contributed by atoms with E-state index in [0.717, 1.165) is 30.4 Å². The van der Waals surface area contributed by atoms with Gasteiger partial charge in [0, 0.05) is 17.6 Å².